The lowest BCUT2D eigenvalue weighted by molar-refractivity contribution is -0.0729. The van der Waals surface area contributed by atoms with Crippen LogP contribution in [0, 0.1) is 23.5 Å². The van der Waals surface area contributed by atoms with Gasteiger partial charge in [0.25, 0.3) is 5.91 Å². The molecule has 2 aliphatic rings. The van der Waals surface area contributed by atoms with Gasteiger partial charge in [0.2, 0.25) is 0 Å². The molecular formula is C29H25ClF2N4O4S. The Morgan fingerprint density at radius 1 is 1.00 bits per heavy atom. The number of anilines is 1. The molecule has 2 aromatic heterocycles. The fourth-order valence-electron chi connectivity index (χ4n) is 6.25. The van der Waals surface area contributed by atoms with Crippen molar-refractivity contribution in [3.8, 4) is 5.69 Å². The Morgan fingerprint density at radius 2 is 1.71 bits per heavy atom. The van der Waals surface area contributed by atoms with E-state index in [1.54, 1.807) is 24.8 Å². The average Bonchev–Trinajstić information content (AvgIpc) is 3.49. The van der Waals surface area contributed by atoms with Crippen LogP contribution in [0.4, 0.5) is 14.5 Å². The number of aromatic nitrogens is 3. The molecule has 2 fully saturated rings. The van der Waals surface area contributed by atoms with Crippen LogP contribution in [0.25, 0.3) is 5.69 Å². The number of hydrogen-bond acceptors (Lipinski definition) is 6. The Kier molecular flexibility index (Phi) is 6.91. The zero-order valence-corrected chi connectivity index (χ0v) is 23.1. The van der Waals surface area contributed by atoms with E-state index in [1.165, 1.54) is 24.3 Å². The second-order valence-corrected chi connectivity index (χ2v) is 13.1. The molecule has 0 saturated heterocycles. The lowest BCUT2D eigenvalue weighted by atomic mass is 9.73. The number of fused-ring (bicyclic) bond motifs is 2. The van der Waals surface area contributed by atoms with Crippen molar-refractivity contribution in [2.75, 3.05) is 5.32 Å². The molecule has 0 aliphatic heterocycles. The number of imidazole rings is 1. The zero-order valence-electron chi connectivity index (χ0n) is 21.5. The number of hydrogen-bond donors (Lipinski definition) is 2. The van der Waals surface area contributed by atoms with Gasteiger partial charge in [-0.2, -0.15) is 0 Å². The maximum absolute atomic E-state index is 13.9. The number of rotatable bonds is 6. The summed E-state index contributed by atoms with van der Waals surface area (Å²) in [6, 6.07) is 10.4. The summed E-state index contributed by atoms with van der Waals surface area (Å²) in [7, 11) is -4.01. The highest BCUT2D eigenvalue weighted by molar-refractivity contribution is 7.92. The predicted octanol–water partition coefficient (Wildman–Crippen LogP) is 5.30. The molecule has 2 unspecified atom stereocenters. The first kappa shape index (κ1) is 27.5. The molecular weight excluding hydrogens is 574 g/mol. The number of aliphatic hydroxyl groups is 1. The number of carbonyl (C=O) groups is 1. The monoisotopic (exact) mass is 598 g/mol. The Bertz CT molecular complexity index is 1730. The van der Waals surface area contributed by atoms with Crippen LogP contribution in [-0.4, -0.2) is 39.2 Å². The molecule has 12 heteroatoms. The number of nitrogens with one attached hydrogen (secondary N) is 1. The van der Waals surface area contributed by atoms with Crippen molar-refractivity contribution in [1.82, 2.24) is 14.5 Å². The molecule has 4 aromatic rings. The Labute approximate surface area is 239 Å². The largest absolute Gasteiger partial charge is 0.381 e. The van der Waals surface area contributed by atoms with E-state index in [4.69, 9.17) is 11.6 Å². The van der Waals surface area contributed by atoms with E-state index in [0.717, 1.165) is 17.8 Å². The van der Waals surface area contributed by atoms with Crippen molar-refractivity contribution in [2.45, 2.75) is 41.4 Å². The van der Waals surface area contributed by atoms with Crippen LogP contribution in [0.15, 0.2) is 78.2 Å². The van der Waals surface area contributed by atoms with Crippen molar-refractivity contribution in [1.29, 1.82) is 0 Å². The Morgan fingerprint density at radius 3 is 2.39 bits per heavy atom. The maximum Gasteiger partial charge on any atom is 0.255 e. The third kappa shape index (κ3) is 4.71. The van der Waals surface area contributed by atoms with Crippen LogP contribution in [0.1, 0.15) is 41.9 Å². The number of amides is 1. The first-order chi connectivity index (χ1) is 19.6. The topological polar surface area (TPSA) is 114 Å². The second-order valence-electron chi connectivity index (χ2n) is 10.5. The van der Waals surface area contributed by atoms with Gasteiger partial charge in [0, 0.05) is 47.8 Å². The molecule has 2 saturated carbocycles. The fraction of sp³-hybridized carbons (Fsp3) is 0.276. The highest BCUT2D eigenvalue weighted by Gasteiger charge is 2.58. The Balaban J connectivity index is 1.27. The summed E-state index contributed by atoms with van der Waals surface area (Å²) in [5.41, 5.74) is -0.511. The van der Waals surface area contributed by atoms with Gasteiger partial charge in [-0.1, -0.05) is 11.6 Å². The normalized spacial score (nSPS) is 23.9. The van der Waals surface area contributed by atoms with Crippen LogP contribution in [0.5, 0.6) is 0 Å². The minimum absolute atomic E-state index is 0.00706. The molecule has 6 rings (SSSR count). The van der Waals surface area contributed by atoms with Crippen LogP contribution in [-0.2, 0) is 15.4 Å². The molecule has 2 heterocycles. The minimum Gasteiger partial charge on any atom is -0.381 e. The van der Waals surface area contributed by atoms with Gasteiger partial charge in [0.1, 0.15) is 11.4 Å². The minimum atomic E-state index is -4.01. The van der Waals surface area contributed by atoms with Gasteiger partial charge in [-0.25, -0.2) is 22.2 Å². The number of pyridine rings is 1. The highest BCUT2D eigenvalue weighted by Crippen LogP contribution is 2.56. The van der Waals surface area contributed by atoms with Gasteiger partial charge in [0.15, 0.2) is 21.5 Å². The molecule has 2 aromatic carbocycles. The van der Waals surface area contributed by atoms with Crippen molar-refractivity contribution < 1.29 is 27.1 Å². The SMILES string of the molecule is O=C(Nc1ccc(F)c(F)c1)c1ccc(Cl)c(S(=O)(=O)C2CC3CCC(C2)C3(O)c2nccn2-c2ccncc2)c1. The van der Waals surface area contributed by atoms with Crippen molar-refractivity contribution in [3.05, 3.63) is 101 Å². The molecule has 0 radical (unpaired) electrons. The number of nitrogens with zero attached hydrogens (tertiary/aromatic N) is 3. The first-order valence-corrected chi connectivity index (χ1v) is 15.0. The summed E-state index contributed by atoms with van der Waals surface area (Å²) >= 11 is 6.35. The number of benzene rings is 2. The van der Waals surface area contributed by atoms with Crippen molar-refractivity contribution in [2.24, 2.45) is 11.8 Å². The number of carbonyl (C=O) groups excluding carboxylic acids is 1. The third-order valence-corrected chi connectivity index (χ3v) is 10.9. The summed E-state index contributed by atoms with van der Waals surface area (Å²) in [5.74, 6) is -3.13. The summed E-state index contributed by atoms with van der Waals surface area (Å²) in [4.78, 5) is 21.2. The highest BCUT2D eigenvalue weighted by atomic mass is 35.5. The van der Waals surface area contributed by atoms with E-state index >= 15 is 0 Å². The molecule has 2 aliphatic carbocycles. The van der Waals surface area contributed by atoms with E-state index in [-0.39, 0.29) is 45.8 Å². The van der Waals surface area contributed by atoms with Gasteiger partial charge in [-0.3, -0.25) is 9.78 Å². The van der Waals surface area contributed by atoms with E-state index in [9.17, 15) is 27.1 Å². The molecule has 2 atom stereocenters. The molecule has 2 bridgehead atoms. The molecule has 212 valence electrons. The fourth-order valence-corrected chi connectivity index (χ4v) is 8.65. The lowest BCUT2D eigenvalue weighted by Crippen LogP contribution is -2.47. The summed E-state index contributed by atoms with van der Waals surface area (Å²) in [6.45, 7) is 0. The van der Waals surface area contributed by atoms with Crippen molar-refractivity contribution >= 4 is 33.0 Å². The van der Waals surface area contributed by atoms with Gasteiger partial charge < -0.3 is 15.0 Å². The summed E-state index contributed by atoms with van der Waals surface area (Å²) in [5, 5.41) is 13.6. The maximum atomic E-state index is 13.9. The van der Waals surface area contributed by atoms with E-state index in [1.807, 2.05) is 16.7 Å². The number of halogens is 3. The van der Waals surface area contributed by atoms with Gasteiger partial charge >= 0.3 is 0 Å². The number of sulfone groups is 1. The average molecular weight is 599 g/mol. The quantitative estimate of drug-likeness (QED) is 0.311. The molecule has 8 nitrogen and oxygen atoms in total. The smallest absolute Gasteiger partial charge is 0.255 e. The van der Waals surface area contributed by atoms with Gasteiger partial charge in [-0.05, 0) is 80.0 Å². The summed E-state index contributed by atoms with van der Waals surface area (Å²) in [6.07, 6.45) is 8.35. The summed E-state index contributed by atoms with van der Waals surface area (Å²) < 4.78 is 56.5. The molecule has 41 heavy (non-hydrogen) atoms. The first-order valence-electron chi connectivity index (χ1n) is 13.1. The van der Waals surface area contributed by atoms with E-state index in [0.29, 0.717) is 18.7 Å². The van der Waals surface area contributed by atoms with E-state index < -0.39 is 38.2 Å². The second kappa shape index (κ2) is 10.3. The van der Waals surface area contributed by atoms with Crippen LogP contribution < -0.4 is 5.32 Å². The van der Waals surface area contributed by atoms with Crippen LogP contribution in [0.3, 0.4) is 0 Å². The van der Waals surface area contributed by atoms with Crippen LogP contribution in [0.2, 0.25) is 5.02 Å². The Hall–Kier alpha value is -3.67. The lowest BCUT2D eigenvalue weighted by Gasteiger charge is -2.42. The van der Waals surface area contributed by atoms with Crippen molar-refractivity contribution in [3.63, 3.8) is 0 Å². The molecule has 1 amide bonds. The molecule has 0 spiro atoms. The predicted molar refractivity (Wildman–Crippen MR) is 147 cm³/mol. The zero-order chi connectivity index (χ0) is 28.9. The van der Waals surface area contributed by atoms with Crippen LogP contribution >= 0.6 is 11.6 Å². The van der Waals surface area contributed by atoms with E-state index in [2.05, 4.69) is 15.3 Å². The third-order valence-electron chi connectivity index (χ3n) is 8.26. The standard InChI is InChI=1S/C29H25ClF2N4O4S/c30-23-5-1-17(27(37)35-20-4-6-24(31)25(32)16-20)13-26(23)41(39,40)22-14-18-2-3-19(15-22)29(18,38)28-34-11-12-36(28)21-7-9-33-10-8-21/h1,4-13,16,18-19,22,38H,2-3,14-15H2,(H,35,37). The molecule has 2 N–H and O–H groups in total. The van der Waals surface area contributed by atoms with Gasteiger partial charge in [0.05, 0.1) is 15.2 Å². The van der Waals surface area contributed by atoms with Gasteiger partial charge in [-0.15, -0.1) is 0 Å².